The van der Waals surface area contributed by atoms with E-state index < -0.39 is 9.84 Å². The minimum absolute atomic E-state index is 0.00284. The number of rotatable bonds is 6. The Morgan fingerprint density at radius 1 is 0.931 bits per heavy atom. The monoisotopic (exact) mass is 416 g/mol. The number of carbonyl (C=O) groups excluding carboxylic acids is 1. The second kappa shape index (κ2) is 9.41. The van der Waals surface area contributed by atoms with Crippen molar-refractivity contribution >= 4 is 21.4 Å². The number of likely N-dealkylation sites (tertiary alicyclic amines) is 1. The standard InChI is InChI=1S/C22H28N2O4S/c1-17(24-15-5-3-4-6-16-24)22(25)23-18-7-9-19(10-8-18)28-20-11-13-21(14-12-20)29(2,26)27/h7-14,17H,3-6,15-16H2,1-2H3,(H,23,25). The molecular weight excluding hydrogens is 388 g/mol. The third-order valence-electron chi connectivity index (χ3n) is 5.18. The molecule has 6 nitrogen and oxygen atoms in total. The highest BCUT2D eigenvalue weighted by atomic mass is 32.2. The van der Waals surface area contributed by atoms with Crippen molar-refractivity contribution in [2.24, 2.45) is 0 Å². The van der Waals surface area contributed by atoms with Gasteiger partial charge in [-0.2, -0.15) is 0 Å². The Kier molecular flexibility index (Phi) is 6.92. The van der Waals surface area contributed by atoms with Gasteiger partial charge in [0.2, 0.25) is 5.91 Å². The van der Waals surface area contributed by atoms with Crippen LogP contribution in [0.5, 0.6) is 11.5 Å². The van der Waals surface area contributed by atoms with E-state index in [1.165, 1.54) is 31.2 Å². The lowest BCUT2D eigenvalue weighted by Crippen LogP contribution is -2.42. The Balaban J connectivity index is 1.57. The Labute approximate surface area is 172 Å². The predicted molar refractivity (Wildman–Crippen MR) is 114 cm³/mol. The van der Waals surface area contributed by atoms with Crippen molar-refractivity contribution in [3.8, 4) is 11.5 Å². The SMILES string of the molecule is CC(C(=O)Nc1ccc(Oc2ccc(S(C)(=O)=O)cc2)cc1)N1CCCCCC1. The first-order valence-corrected chi connectivity index (χ1v) is 11.8. The molecule has 1 heterocycles. The molecule has 1 N–H and O–H groups in total. The van der Waals surface area contributed by atoms with Gasteiger partial charge in [-0.15, -0.1) is 0 Å². The number of hydrogen-bond donors (Lipinski definition) is 1. The minimum Gasteiger partial charge on any atom is -0.457 e. The lowest BCUT2D eigenvalue weighted by molar-refractivity contribution is -0.120. The molecule has 0 aliphatic carbocycles. The molecule has 2 aromatic carbocycles. The Hall–Kier alpha value is -2.38. The zero-order valence-electron chi connectivity index (χ0n) is 16.9. The van der Waals surface area contributed by atoms with E-state index in [1.54, 1.807) is 36.4 Å². The second-order valence-electron chi connectivity index (χ2n) is 7.49. The van der Waals surface area contributed by atoms with Crippen LogP contribution in [0.25, 0.3) is 0 Å². The van der Waals surface area contributed by atoms with Gasteiger partial charge in [-0.25, -0.2) is 8.42 Å². The number of nitrogens with one attached hydrogen (secondary N) is 1. The van der Waals surface area contributed by atoms with Gasteiger partial charge < -0.3 is 10.1 Å². The van der Waals surface area contributed by atoms with Crippen molar-refractivity contribution in [2.75, 3.05) is 24.7 Å². The fourth-order valence-corrected chi connectivity index (χ4v) is 4.02. The molecule has 1 fully saturated rings. The first-order chi connectivity index (χ1) is 13.8. The second-order valence-corrected chi connectivity index (χ2v) is 9.50. The van der Waals surface area contributed by atoms with E-state index in [4.69, 9.17) is 4.74 Å². The molecular formula is C22H28N2O4S. The fraction of sp³-hybridized carbons (Fsp3) is 0.409. The van der Waals surface area contributed by atoms with Crippen LogP contribution >= 0.6 is 0 Å². The van der Waals surface area contributed by atoms with Crippen LogP contribution in [-0.2, 0) is 14.6 Å². The number of ether oxygens (including phenoxy) is 1. The van der Waals surface area contributed by atoms with Gasteiger partial charge in [-0.3, -0.25) is 9.69 Å². The van der Waals surface area contributed by atoms with Gasteiger partial charge in [0.15, 0.2) is 9.84 Å². The van der Waals surface area contributed by atoms with Gasteiger partial charge in [-0.1, -0.05) is 12.8 Å². The summed E-state index contributed by atoms with van der Waals surface area (Å²) in [7, 11) is -3.23. The molecule has 1 saturated heterocycles. The van der Waals surface area contributed by atoms with E-state index in [2.05, 4.69) is 10.2 Å². The van der Waals surface area contributed by atoms with Gasteiger partial charge in [0, 0.05) is 11.9 Å². The molecule has 156 valence electrons. The number of nitrogens with zero attached hydrogens (tertiary/aromatic N) is 1. The normalized spacial score (nSPS) is 16.6. The average molecular weight is 417 g/mol. The molecule has 1 aliphatic rings. The van der Waals surface area contributed by atoms with E-state index in [9.17, 15) is 13.2 Å². The Morgan fingerprint density at radius 3 is 1.97 bits per heavy atom. The van der Waals surface area contributed by atoms with Gasteiger partial charge >= 0.3 is 0 Å². The highest BCUT2D eigenvalue weighted by molar-refractivity contribution is 7.90. The number of amides is 1. The first-order valence-electron chi connectivity index (χ1n) is 9.96. The summed E-state index contributed by atoms with van der Waals surface area (Å²) in [5, 5.41) is 2.97. The smallest absolute Gasteiger partial charge is 0.241 e. The van der Waals surface area contributed by atoms with Crippen LogP contribution in [0.4, 0.5) is 5.69 Å². The molecule has 2 aromatic rings. The lowest BCUT2D eigenvalue weighted by atomic mass is 10.2. The molecule has 7 heteroatoms. The lowest BCUT2D eigenvalue weighted by Gasteiger charge is -2.26. The van der Waals surface area contributed by atoms with Crippen molar-refractivity contribution in [2.45, 2.75) is 43.5 Å². The molecule has 1 amide bonds. The van der Waals surface area contributed by atoms with E-state index in [0.717, 1.165) is 31.6 Å². The summed E-state index contributed by atoms with van der Waals surface area (Å²) in [6, 6.07) is 13.3. The molecule has 1 atom stereocenters. The highest BCUT2D eigenvalue weighted by Gasteiger charge is 2.22. The third-order valence-corrected chi connectivity index (χ3v) is 6.31. The summed E-state index contributed by atoms with van der Waals surface area (Å²) in [5.41, 5.74) is 0.719. The Bertz CT molecular complexity index is 916. The summed E-state index contributed by atoms with van der Waals surface area (Å²) in [5.74, 6) is 1.15. The minimum atomic E-state index is -3.23. The first kappa shape index (κ1) is 21.3. The largest absolute Gasteiger partial charge is 0.457 e. The maximum Gasteiger partial charge on any atom is 0.241 e. The van der Waals surface area contributed by atoms with Crippen molar-refractivity contribution in [3.05, 3.63) is 48.5 Å². The quantitative estimate of drug-likeness (QED) is 0.768. The molecule has 0 bridgehead atoms. The highest BCUT2D eigenvalue weighted by Crippen LogP contribution is 2.24. The number of sulfone groups is 1. The maximum absolute atomic E-state index is 12.6. The maximum atomic E-state index is 12.6. The number of benzene rings is 2. The van der Waals surface area contributed by atoms with Gasteiger partial charge in [0.05, 0.1) is 10.9 Å². The van der Waals surface area contributed by atoms with Gasteiger partial charge in [0.25, 0.3) is 0 Å². The summed E-state index contributed by atoms with van der Waals surface area (Å²) in [4.78, 5) is 15.1. The van der Waals surface area contributed by atoms with Crippen LogP contribution in [0, 0.1) is 0 Å². The van der Waals surface area contributed by atoms with E-state index >= 15 is 0 Å². The number of hydrogen-bond acceptors (Lipinski definition) is 5. The molecule has 1 aliphatic heterocycles. The topological polar surface area (TPSA) is 75.7 Å². The van der Waals surface area contributed by atoms with Crippen LogP contribution in [0.3, 0.4) is 0 Å². The van der Waals surface area contributed by atoms with E-state index in [-0.39, 0.29) is 16.8 Å². The summed E-state index contributed by atoms with van der Waals surface area (Å²) >= 11 is 0. The molecule has 0 saturated carbocycles. The molecule has 29 heavy (non-hydrogen) atoms. The summed E-state index contributed by atoms with van der Waals surface area (Å²) in [6.45, 7) is 3.90. The van der Waals surface area contributed by atoms with Crippen molar-refractivity contribution in [1.29, 1.82) is 0 Å². The van der Waals surface area contributed by atoms with Crippen LogP contribution in [0.1, 0.15) is 32.6 Å². The van der Waals surface area contributed by atoms with Gasteiger partial charge in [-0.05, 0) is 81.4 Å². The van der Waals surface area contributed by atoms with Crippen LogP contribution < -0.4 is 10.1 Å². The predicted octanol–water partition coefficient (Wildman–Crippen LogP) is 4.09. The molecule has 3 rings (SSSR count). The summed E-state index contributed by atoms with van der Waals surface area (Å²) < 4.78 is 28.8. The average Bonchev–Trinajstić information content (AvgIpc) is 2.98. The number of anilines is 1. The third kappa shape index (κ3) is 6.05. The fourth-order valence-electron chi connectivity index (χ4n) is 3.39. The van der Waals surface area contributed by atoms with Crippen LogP contribution in [0.15, 0.2) is 53.4 Å². The van der Waals surface area contributed by atoms with Crippen LogP contribution in [-0.4, -0.2) is 44.6 Å². The van der Waals surface area contributed by atoms with Crippen LogP contribution in [0.2, 0.25) is 0 Å². The van der Waals surface area contributed by atoms with Gasteiger partial charge in [0.1, 0.15) is 11.5 Å². The molecule has 0 radical (unpaired) electrons. The van der Waals surface area contributed by atoms with Crippen molar-refractivity contribution in [1.82, 2.24) is 4.90 Å². The molecule has 0 spiro atoms. The molecule has 1 unspecified atom stereocenters. The van der Waals surface area contributed by atoms with Crippen molar-refractivity contribution < 1.29 is 17.9 Å². The zero-order valence-corrected chi connectivity index (χ0v) is 17.7. The summed E-state index contributed by atoms with van der Waals surface area (Å²) in [6.07, 6.45) is 5.94. The zero-order chi connectivity index (χ0) is 20.9. The van der Waals surface area contributed by atoms with E-state index in [1.807, 2.05) is 6.92 Å². The van der Waals surface area contributed by atoms with E-state index in [0.29, 0.717) is 11.5 Å². The number of carbonyl (C=O) groups is 1. The molecule has 0 aromatic heterocycles. The van der Waals surface area contributed by atoms with Crippen molar-refractivity contribution in [3.63, 3.8) is 0 Å². The Morgan fingerprint density at radius 2 is 1.45 bits per heavy atom.